The first-order valence-corrected chi connectivity index (χ1v) is 47.9. The van der Waals surface area contributed by atoms with Crippen LogP contribution in [-0.4, -0.2) is 177 Å². The molecule has 454 valence electrons. The molecule has 6 amide bonds. The zero-order valence-electron chi connectivity index (χ0n) is 45.9. The van der Waals surface area contributed by atoms with E-state index in [-0.39, 0.29) is 52.6 Å². The maximum atomic E-state index is 12.3. The Hall–Kier alpha value is -2.11. The molecule has 0 bridgehead atoms. The van der Waals surface area contributed by atoms with Crippen LogP contribution in [0.2, 0.25) is 0 Å². The molecular formula is C49H80I5N7O16S2. The molecule has 5 N–H and O–H groups in total. The third-order valence-electron chi connectivity index (χ3n) is 11.6. The quantitative estimate of drug-likeness (QED) is 0.0349. The summed E-state index contributed by atoms with van der Waals surface area (Å²) in [6.45, 7) is 14.9. The number of cyclic esters (lactones) is 2. The molecule has 4 atom stereocenters. The maximum absolute atomic E-state index is 12.3. The van der Waals surface area contributed by atoms with Crippen LogP contribution >= 0.6 is 74.5 Å². The summed E-state index contributed by atoms with van der Waals surface area (Å²) in [6, 6.07) is 14.6. The van der Waals surface area contributed by atoms with Gasteiger partial charge in [0, 0.05) is 44.3 Å². The molecule has 30 heteroatoms. The van der Waals surface area contributed by atoms with Crippen molar-refractivity contribution in [2.75, 3.05) is 85.1 Å². The number of halogens is 5. The molecule has 0 aliphatic carbocycles. The number of carbonyl (C=O) groups is 6. The summed E-state index contributed by atoms with van der Waals surface area (Å²) in [5.74, 6) is -1.78. The molecule has 0 spiro atoms. The van der Waals surface area contributed by atoms with E-state index in [1.165, 1.54) is 94.0 Å². The molecule has 0 saturated carbocycles. The Morgan fingerprint density at radius 3 is 1.25 bits per heavy atom. The van der Waals surface area contributed by atoms with Crippen LogP contribution in [0.4, 0.5) is 19.2 Å². The van der Waals surface area contributed by atoms with E-state index in [9.17, 15) is 45.6 Å². The number of nitrogens with one attached hydrogen (secondary N) is 3. The van der Waals surface area contributed by atoms with Crippen molar-refractivity contribution in [1.29, 1.82) is 0 Å². The molecule has 2 saturated heterocycles. The number of unbranched alkanes of at least 4 members (excludes halogenated alkanes) is 4. The fraction of sp³-hybridized carbons (Fsp3) is 0.633. The van der Waals surface area contributed by atoms with Crippen molar-refractivity contribution in [3.63, 3.8) is 0 Å². The number of carbonyl (C=O) groups excluding carboxylic acids is 6. The van der Waals surface area contributed by atoms with Crippen molar-refractivity contribution in [2.45, 2.75) is 117 Å². The zero-order chi connectivity index (χ0) is 59.9. The van der Waals surface area contributed by atoms with Crippen molar-refractivity contribution >= 4 is 131 Å². The number of quaternary nitrogens is 1. The average Bonchev–Trinajstić information content (AvgIpc) is 4.03. The molecule has 2 aliphatic rings. The number of rotatable bonds is 30. The second-order valence-corrected chi connectivity index (χ2v) is 37.3. The van der Waals surface area contributed by atoms with Crippen LogP contribution in [0.5, 0.6) is 0 Å². The second kappa shape index (κ2) is 44.4. The number of amides is 6. The molecular weight excluding hydrogens is 1640 g/mol. The van der Waals surface area contributed by atoms with Crippen LogP contribution in [0.25, 0.3) is 0 Å². The number of likely N-dealkylation sites (N-methyl/N-ethyl adjacent to an activating group) is 1. The Morgan fingerprint density at radius 1 is 0.646 bits per heavy atom. The van der Waals surface area contributed by atoms with E-state index in [2.05, 4.69) is 118 Å². The van der Waals surface area contributed by atoms with E-state index < -0.39 is 80.7 Å². The number of hydrogen-bond acceptors (Lipinski definition) is 16. The summed E-state index contributed by atoms with van der Waals surface area (Å²) in [6.07, 6.45) is 6.47. The number of nitrogens with zero attached hydrogens (tertiary/aromatic N) is 3. The van der Waals surface area contributed by atoms with E-state index in [0.717, 1.165) is 23.0 Å². The van der Waals surface area contributed by atoms with Crippen LogP contribution in [0.15, 0.2) is 60.7 Å². The van der Waals surface area contributed by atoms with Gasteiger partial charge in [-0.2, -0.15) is 16.8 Å². The van der Waals surface area contributed by atoms with Gasteiger partial charge in [0.2, 0.25) is 11.8 Å². The van der Waals surface area contributed by atoms with Gasteiger partial charge in [0.05, 0.1) is 64.9 Å². The first-order chi connectivity index (χ1) is 37.5. The first kappa shape index (κ1) is 76.9. The average molecular weight is 1720 g/mol. The van der Waals surface area contributed by atoms with Gasteiger partial charge in [-0.05, 0) is 36.8 Å². The van der Waals surface area contributed by atoms with Gasteiger partial charge in [0.25, 0.3) is 20.2 Å². The van der Waals surface area contributed by atoms with Crippen molar-refractivity contribution < 1.29 is 90.7 Å². The molecule has 2 aromatic carbocycles. The SMILES string of the molecule is CCCC[N+](CCCC)(CCCC)CCCC.CNC(=O)[C@@H](NC(=O)OCc1ccccc1)[C@H](CN1CCOC1=O)OS(C)(=O)=O.CS(=O)(=O)O[C@@H](CN1CCOC1=O)[C@H](NC(=O)OCc1ccccc1)C(N)=O.II.I[I-]I. The zero-order valence-corrected chi connectivity index (χ0v) is 58.3. The van der Waals surface area contributed by atoms with Crippen molar-refractivity contribution in [2.24, 2.45) is 5.73 Å². The fourth-order valence-corrected chi connectivity index (χ4v) is 8.95. The first-order valence-electron chi connectivity index (χ1n) is 25.4. The van der Waals surface area contributed by atoms with Crippen LogP contribution in [0, 0.1) is 0 Å². The molecule has 79 heavy (non-hydrogen) atoms. The van der Waals surface area contributed by atoms with Crippen molar-refractivity contribution in [3.05, 3.63) is 71.8 Å². The monoisotopic (exact) mass is 1720 g/mol. The van der Waals surface area contributed by atoms with Gasteiger partial charge >= 0.3 is 74.9 Å². The molecule has 0 unspecified atom stereocenters. The molecule has 4 rings (SSSR count). The van der Waals surface area contributed by atoms with Gasteiger partial charge in [-0.1, -0.05) is 114 Å². The summed E-state index contributed by atoms with van der Waals surface area (Å²) in [7, 11) is -6.73. The standard InChI is InChI=1S/C17H23N3O8S.C16H21N3O8S.C16H36N.I3.I2/c1-18-15(21)14(19-16(22)27-11-12-6-4-3-5-7-12)13(28-29(2,24)25)10-20-8-9-26-17(20)23;1-28(23,24)27-12(9-19-7-8-25-16(19)22)13(14(17)20)18-15(21)26-10-11-5-3-2-4-6-11;1-5-9-13-17(14-10-6-2,15-11-7-3)16-12-8-4;1-3-2;1-2/h3-7,13-14H,8-11H2,1-2H3,(H,18,21)(H,19,22);2-6,12-13H,7-10H2,1H3,(H2,17,20)(H,18,21);5-16H2,1-4H3;;/q;;+1;-1;/t13-,14-;12-,13-;;;/m00.../s1. The van der Waals surface area contributed by atoms with Gasteiger partial charge in [-0.25, -0.2) is 19.2 Å². The Labute approximate surface area is 520 Å². The van der Waals surface area contributed by atoms with Crippen LogP contribution in [0.3, 0.4) is 0 Å². The fourth-order valence-electron chi connectivity index (χ4n) is 7.71. The Balaban J connectivity index is 0.00000114. The molecule has 2 heterocycles. The number of alkyl carbamates (subject to hydrolysis) is 2. The minimum absolute atomic E-state index is 0.0524. The van der Waals surface area contributed by atoms with E-state index >= 15 is 0 Å². The van der Waals surface area contributed by atoms with E-state index in [4.69, 9.17) is 33.0 Å². The normalized spacial score (nSPS) is 14.5. The summed E-state index contributed by atoms with van der Waals surface area (Å²) in [4.78, 5) is 74.0. The summed E-state index contributed by atoms with van der Waals surface area (Å²) >= 11 is 9.54. The molecule has 2 aromatic rings. The summed E-state index contributed by atoms with van der Waals surface area (Å²) in [5.41, 5.74) is 6.73. The predicted octanol–water partition coefficient (Wildman–Crippen LogP) is 4.94. The predicted molar refractivity (Wildman–Crippen MR) is 331 cm³/mol. The molecule has 2 aliphatic heterocycles. The summed E-state index contributed by atoms with van der Waals surface area (Å²) < 4.78 is 77.4. The van der Waals surface area contributed by atoms with Crippen LogP contribution in [0.1, 0.15) is 90.2 Å². The molecule has 23 nitrogen and oxygen atoms in total. The number of nitrogens with two attached hydrogens (primary N) is 1. The van der Waals surface area contributed by atoms with Crippen LogP contribution < -0.4 is 34.9 Å². The van der Waals surface area contributed by atoms with E-state index in [1.54, 1.807) is 54.6 Å². The minimum atomic E-state index is -4.03. The Bertz CT molecular complexity index is 2250. The second-order valence-electron chi connectivity index (χ2n) is 17.9. The number of primary amides is 1. The number of benzene rings is 2. The van der Waals surface area contributed by atoms with E-state index in [0.29, 0.717) is 18.8 Å². The van der Waals surface area contributed by atoms with Crippen molar-refractivity contribution in [3.8, 4) is 0 Å². The van der Waals surface area contributed by atoms with E-state index in [1.807, 2.05) is 6.07 Å². The Kier molecular flexibility index (Phi) is 43.2. The Morgan fingerprint density at radius 2 is 0.975 bits per heavy atom. The van der Waals surface area contributed by atoms with Gasteiger partial charge in [-0.3, -0.25) is 18.0 Å². The van der Waals surface area contributed by atoms with Gasteiger partial charge in [0.15, 0.2) is 0 Å². The number of hydrogen-bond donors (Lipinski definition) is 4. The topological polar surface area (TPSA) is 295 Å². The van der Waals surface area contributed by atoms with Gasteiger partial charge in [0.1, 0.15) is 50.7 Å². The van der Waals surface area contributed by atoms with Gasteiger partial charge in [-0.15, -0.1) is 0 Å². The number of ether oxygens (including phenoxy) is 4. The van der Waals surface area contributed by atoms with Crippen LogP contribution in [-0.2, 0) is 70.4 Å². The molecule has 2 fully saturated rings. The molecule has 0 aromatic heterocycles. The summed E-state index contributed by atoms with van der Waals surface area (Å²) in [5, 5.41) is 6.83. The third-order valence-corrected chi connectivity index (χ3v) is 12.8. The third kappa shape index (κ3) is 35.6. The van der Waals surface area contributed by atoms with Gasteiger partial charge < -0.3 is 54.9 Å². The molecule has 0 radical (unpaired) electrons. The van der Waals surface area contributed by atoms with Crippen molar-refractivity contribution in [1.82, 2.24) is 25.8 Å².